The lowest BCUT2D eigenvalue weighted by Gasteiger charge is -2.29. The predicted octanol–water partition coefficient (Wildman–Crippen LogP) is 3.51. The Morgan fingerprint density at radius 3 is 2.88 bits per heavy atom. The van der Waals surface area contributed by atoms with Crippen LogP contribution in [0, 0.1) is 6.92 Å². The zero-order valence-corrected chi connectivity index (χ0v) is 15.7. The van der Waals surface area contributed by atoms with Crippen molar-refractivity contribution in [2.45, 2.75) is 37.6 Å². The first-order valence-corrected chi connectivity index (χ1v) is 10.1. The summed E-state index contributed by atoms with van der Waals surface area (Å²) in [6, 6.07) is 9.53. The number of rotatable bonds is 3. The lowest BCUT2D eigenvalue weighted by atomic mass is 10.1. The molecule has 0 saturated carbocycles. The summed E-state index contributed by atoms with van der Waals surface area (Å²) < 4.78 is 0. The third-order valence-electron chi connectivity index (χ3n) is 4.82. The first-order valence-electron chi connectivity index (χ1n) is 8.28. The number of carbonyl (C=O) groups is 2. The Labute approximate surface area is 154 Å². The molecule has 2 saturated heterocycles. The number of nitrogens with one attached hydrogen (secondary N) is 1. The van der Waals surface area contributed by atoms with Gasteiger partial charge in [-0.3, -0.25) is 9.59 Å². The van der Waals surface area contributed by atoms with E-state index < -0.39 is 6.04 Å². The van der Waals surface area contributed by atoms with E-state index >= 15 is 0 Å². The molecule has 2 amide bonds. The van der Waals surface area contributed by atoms with Crippen molar-refractivity contribution in [3.8, 4) is 11.3 Å². The molecule has 2 aliphatic rings. The Bertz CT molecular complexity index is 836. The molecule has 0 aliphatic carbocycles. The summed E-state index contributed by atoms with van der Waals surface area (Å²) in [5.41, 5.74) is 1.93. The molecule has 0 spiro atoms. The van der Waals surface area contributed by atoms with E-state index in [1.807, 2.05) is 37.3 Å². The molecule has 7 heteroatoms. The van der Waals surface area contributed by atoms with Gasteiger partial charge in [-0.1, -0.05) is 30.3 Å². The van der Waals surface area contributed by atoms with Crippen LogP contribution < -0.4 is 5.32 Å². The molecule has 0 bridgehead atoms. The summed E-state index contributed by atoms with van der Waals surface area (Å²) in [6.07, 6.45) is 1.34. The number of thiazole rings is 1. The maximum Gasteiger partial charge on any atom is 0.249 e. The smallest absolute Gasteiger partial charge is 0.249 e. The fraction of sp³-hybridized carbons (Fsp3) is 0.389. The van der Waals surface area contributed by atoms with Crippen LogP contribution in [0.3, 0.4) is 0 Å². The van der Waals surface area contributed by atoms with E-state index in [4.69, 9.17) is 0 Å². The predicted molar refractivity (Wildman–Crippen MR) is 102 cm³/mol. The van der Waals surface area contributed by atoms with Crippen molar-refractivity contribution in [1.82, 2.24) is 9.88 Å². The fourth-order valence-corrected chi connectivity index (χ4v) is 5.79. The van der Waals surface area contributed by atoms with Crippen molar-refractivity contribution in [1.29, 1.82) is 0 Å². The molecular weight excluding hydrogens is 354 g/mol. The Hall–Kier alpha value is -1.86. The number of amides is 2. The number of aromatic nitrogens is 1. The number of aryl methyl sites for hydroxylation is 1. The first kappa shape index (κ1) is 16.6. The standard InChI is InChI=1S/C18H19N3O2S2/c1-11-15(12-6-4-3-5-7-12)19-17(25-11)20-16(23)13-10-24-18(2)9-8-14(22)21(13)18/h3-7,13H,8-10H2,1-2H3,(H,19,20,23)/t13-,18-/m0/s1. The van der Waals surface area contributed by atoms with Gasteiger partial charge in [-0.15, -0.1) is 23.1 Å². The molecule has 5 nitrogen and oxygen atoms in total. The second kappa shape index (κ2) is 6.14. The molecule has 2 fully saturated rings. The highest BCUT2D eigenvalue weighted by Gasteiger charge is 2.52. The van der Waals surface area contributed by atoms with Gasteiger partial charge >= 0.3 is 0 Å². The number of benzene rings is 1. The minimum Gasteiger partial charge on any atom is -0.315 e. The zero-order valence-electron chi connectivity index (χ0n) is 14.1. The third kappa shape index (κ3) is 2.85. The molecule has 130 valence electrons. The van der Waals surface area contributed by atoms with E-state index in [1.54, 1.807) is 16.7 Å². The van der Waals surface area contributed by atoms with Gasteiger partial charge in [-0.2, -0.15) is 0 Å². The Morgan fingerprint density at radius 1 is 1.36 bits per heavy atom. The van der Waals surface area contributed by atoms with Crippen molar-refractivity contribution < 1.29 is 9.59 Å². The van der Waals surface area contributed by atoms with Gasteiger partial charge in [0.05, 0.1) is 10.6 Å². The number of fused-ring (bicyclic) bond motifs is 1. The molecule has 0 unspecified atom stereocenters. The molecule has 25 heavy (non-hydrogen) atoms. The van der Waals surface area contributed by atoms with Crippen molar-refractivity contribution in [2.24, 2.45) is 0 Å². The summed E-state index contributed by atoms with van der Waals surface area (Å²) in [5, 5.41) is 3.52. The van der Waals surface area contributed by atoms with Gasteiger partial charge in [0.2, 0.25) is 11.8 Å². The van der Waals surface area contributed by atoms with Crippen LogP contribution in [0.2, 0.25) is 0 Å². The van der Waals surface area contributed by atoms with Crippen molar-refractivity contribution in [3.63, 3.8) is 0 Å². The van der Waals surface area contributed by atoms with Gasteiger partial charge in [0.25, 0.3) is 0 Å². The fourth-order valence-electron chi connectivity index (χ4n) is 3.52. The molecule has 2 aromatic rings. The minimum atomic E-state index is -0.408. The first-order chi connectivity index (χ1) is 12.0. The normalized spacial score (nSPS) is 25.3. The number of thioether (sulfide) groups is 1. The summed E-state index contributed by atoms with van der Waals surface area (Å²) in [4.78, 5) is 32.1. The van der Waals surface area contributed by atoms with Crippen molar-refractivity contribution in [2.75, 3.05) is 11.1 Å². The number of carbonyl (C=O) groups excluding carboxylic acids is 2. The van der Waals surface area contributed by atoms with Crippen LogP contribution in [0.5, 0.6) is 0 Å². The van der Waals surface area contributed by atoms with Crippen molar-refractivity contribution in [3.05, 3.63) is 35.2 Å². The quantitative estimate of drug-likeness (QED) is 0.894. The van der Waals surface area contributed by atoms with Crippen LogP contribution in [0.1, 0.15) is 24.6 Å². The van der Waals surface area contributed by atoms with Gasteiger partial charge < -0.3 is 10.2 Å². The van der Waals surface area contributed by atoms with Gasteiger partial charge in [0.15, 0.2) is 5.13 Å². The number of hydrogen-bond donors (Lipinski definition) is 1. The number of anilines is 1. The molecular formula is C18H19N3O2S2. The van der Waals surface area contributed by atoms with E-state index in [-0.39, 0.29) is 16.7 Å². The molecule has 1 aromatic heterocycles. The van der Waals surface area contributed by atoms with Crippen LogP contribution in [0.15, 0.2) is 30.3 Å². The van der Waals surface area contributed by atoms with Gasteiger partial charge in [0.1, 0.15) is 6.04 Å². The van der Waals surface area contributed by atoms with Crippen LogP contribution >= 0.6 is 23.1 Å². The van der Waals surface area contributed by atoms with E-state index in [0.717, 1.165) is 22.6 Å². The monoisotopic (exact) mass is 373 g/mol. The number of hydrogen-bond acceptors (Lipinski definition) is 5. The summed E-state index contributed by atoms with van der Waals surface area (Å²) in [7, 11) is 0. The van der Waals surface area contributed by atoms with E-state index in [0.29, 0.717) is 17.3 Å². The average molecular weight is 374 g/mol. The highest BCUT2D eigenvalue weighted by Crippen LogP contribution is 2.47. The van der Waals surface area contributed by atoms with Gasteiger partial charge in [-0.25, -0.2) is 4.98 Å². The second-order valence-electron chi connectivity index (χ2n) is 6.54. The topological polar surface area (TPSA) is 62.3 Å². The van der Waals surface area contributed by atoms with E-state index in [1.165, 1.54) is 11.3 Å². The number of nitrogens with zero attached hydrogens (tertiary/aromatic N) is 2. The van der Waals surface area contributed by atoms with E-state index in [2.05, 4.69) is 17.2 Å². The molecule has 0 radical (unpaired) electrons. The average Bonchev–Trinajstić information content (AvgIpc) is 3.22. The lowest BCUT2D eigenvalue weighted by molar-refractivity contribution is -0.135. The molecule has 1 aromatic carbocycles. The van der Waals surface area contributed by atoms with Crippen LogP contribution in [-0.2, 0) is 9.59 Å². The van der Waals surface area contributed by atoms with Crippen LogP contribution in [0.25, 0.3) is 11.3 Å². The minimum absolute atomic E-state index is 0.0768. The lowest BCUT2D eigenvalue weighted by Crippen LogP contribution is -2.48. The van der Waals surface area contributed by atoms with Crippen LogP contribution in [0.4, 0.5) is 5.13 Å². The summed E-state index contributed by atoms with van der Waals surface area (Å²) in [5.74, 6) is 0.581. The highest BCUT2D eigenvalue weighted by molar-refractivity contribution is 8.01. The van der Waals surface area contributed by atoms with Crippen molar-refractivity contribution >= 4 is 40.0 Å². The summed E-state index contributed by atoms with van der Waals surface area (Å²) in [6.45, 7) is 4.05. The molecule has 2 atom stereocenters. The third-order valence-corrected chi connectivity index (χ3v) is 7.21. The molecule has 4 rings (SSSR count). The van der Waals surface area contributed by atoms with Gasteiger partial charge in [0, 0.05) is 22.6 Å². The largest absolute Gasteiger partial charge is 0.315 e. The maximum atomic E-state index is 12.8. The highest BCUT2D eigenvalue weighted by atomic mass is 32.2. The SMILES string of the molecule is Cc1sc(NC(=O)[C@@H]2CS[C@@]3(C)CCC(=O)N23)nc1-c1ccccc1. The molecule has 1 N–H and O–H groups in total. The Balaban J connectivity index is 1.53. The molecule has 3 heterocycles. The Morgan fingerprint density at radius 2 is 2.12 bits per heavy atom. The Kier molecular flexibility index (Phi) is 4.08. The molecule has 2 aliphatic heterocycles. The van der Waals surface area contributed by atoms with Crippen LogP contribution in [-0.4, -0.2) is 38.4 Å². The maximum absolute atomic E-state index is 12.8. The zero-order chi connectivity index (χ0) is 17.6. The summed E-state index contributed by atoms with van der Waals surface area (Å²) >= 11 is 3.17. The second-order valence-corrected chi connectivity index (χ2v) is 9.25. The van der Waals surface area contributed by atoms with E-state index in [9.17, 15) is 9.59 Å². The van der Waals surface area contributed by atoms with Gasteiger partial charge in [-0.05, 0) is 20.3 Å².